The fraction of sp³-hybridized carbons (Fsp3) is 0.603. The van der Waals surface area contributed by atoms with Crippen LogP contribution in [-0.2, 0) is 33.3 Å². The van der Waals surface area contributed by atoms with Gasteiger partial charge in [-0.1, -0.05) is 242 Å². The molecule has 2 atom stereocenters. The molecule has 2 unspecified atom stereocenters. The second-order valence-electron chi connectivity index (χ2n) is 22.0. The first-order chi connectivity index (χ1) is 40.1. The van der Waals surface area contributed by atoms with Crippen LogP contribution in [0.3, 0.4) is 0 Å². The van der Waals surface area contributed by atoms with E-state index in [1.807, 2.05) is 21.1 Å². The largest absolute Gasteiger partial charge is 0.545 e. The van der Waals surface area contributed by atoms with Gasteiger partial charge in [0.15, 0.2) is 12.4 Å². The number of carboxylic acids is 1. The van der Waals surface area contributed by atoms with Crippen LogP contribution in [0.4, 0.5) is 0 Å². The molecule has 0 aromatic rings. The third-order valence-electron chi connectivity index (χ3n) is 13.0. The van der Waals surface area contributed by atoms with Gasteiger partial charge in [-0.3, -0.25) is 9.59 Å². The molecule has 0 rings (SSSR count). The summed E-state index contributed by atoms with van der Waals surface area (Å²) in [6.07, 6.45) is 88.8. The van der Waals surface area contributed by atoms with Crippen molar-refractivity contribution in [2.45, 2.75) is 238 Å². The summed E-state index contributed by atoms with van der Waals surface area (Å²) < 4.78 is 22.7. The number of esters is 2. The predicted molar refractivity (Wildman–Crippen MR) is 347 cm³/mol. The highest BCUT2D eigenvalue weighted by molar-refractivity contribution is 5.70. The molecule has 0 saturated heterocycles. The third-order valence-corrected chi connectivity index (χ3v) is 13.0. The number of rotatable bonds is 57. The van der Waals surface area contributed by atoms with Crippen molar-refractivity contribution in [3.05, 3.63) is 158 Å². The average molecular weight is 1140 g/mol. The molecule has 0 amide bonds. The molecule has 82 heavy (non-hydrogen) atoms. The Morgan fingerprint density at radius 3 is 1.04 bits per heavy atom. The smallest absolute Gasteiger partial charge is 0.306 e. The van der Waals surface area contributed by atoms with Gasteiger partial charge in [0, 0.05) is 12.8 Å². The standard InChI is InChI=1S/C73H117NO8/c1-6-8-10-12-14-16-18-20-22-24-25-26-27-28-29-30-31-32-33-34-35-36-37-38-39-40-41-42-43-44-45-46-47-48-50-52-54-56-58-60-62-64-71(76)82-69(68-81-73(72(77)78)79-66-65-74(3,4)5)67-80-70(75)63-61-59-57-55-53-51-49-23-21-19-17-15-13-11-9-7-2/h8,10,14,16-17,19-20,22-23,25-26,28-29,31-32,34-35,37-38,40-41,43-44,46-47,49,69,73H,6-7,9,11-13,15,18,21,24,27,30,33,36,39,42,45,48,50-68H2,1-5H3/b10-8-,16-14-,19-17-,22-20-,26-25-,29-28-,32-31-,35-34-,38-37-,41-40-,44-43-,47-46-,49-23-. The molecule has 0 aromatic heterocycles. The van der Waals surface area contributed by atoms with Gasteiger partial charge in [-0.25, -0.2) is 0 Å². The molecule has 0 aliphatic carbocycles. The Labute approximate surface area is 502 Å². The van der Waals surface area contributed by atoms with Gasteiger partial charge in [-0.2, -0.15) is 0 Å². The molecule has 0 saturated carbocycles. The molecule has 462 valence electrons. The summed E-state index contributed by atoms with van der Waals surface area (Å²) in [5.74, 6) is -2.33. The van der Waals surface area contributed by atoms with Crippen LogP contribution in [0.5, 0.6) is 0 Å². The topological polar surface area (TPSA) is 111 Å². The predicted octanol–water partition coefficient (Wildman–Crippen LogP) is 18.4. The summed E-state index contributed by atoms with van der Waals surface area (Å²) >= 11 is 0. The minimum atomic E-state index is -1.64. The number of hydrogen-bond donors (Lipinski definition) is 0. The first-order valence-electron chi connectivity index (χ1n) is 32.1. The number of carboxylic acid groups (broad SMARTS) is 1. The summed E-state index contributed by atoms with van der Waals surface area (Å²) in [6.45, 7) is 4.56. The molecule has 0 N–H and O–H groups in total. The molecule has 0 fully saturated rings. The van der Waals surface area contributed by atoms with Crippen molar-refractivity contribution in [1.29, 1.82) is 0 Å². The molecule has 0 aliphatic heterocycles. The van der Waals surface area contributed by atoms with E-state index in [-0.39, 0.29) is 38.6 Å². The summed E-state index contributed by atoms with van der Waals surface area (Å²) in [5, 5.41) is 11.8. The van der Waals surface area contributed by atoms with Gasteiger partial charge in [0.25, 0.3) is 0 Å². The fourth-order valence-corrected chi connectivity index (χ4v) is 8.10. The summed E-state index contributed by atoms with van der Waals surface area (Å²) in [7, 11) is 5.90. The lowest BCUT2D eigenvalue weighted by Gasteiger charge is -2.26. The Morgan fingerprint density at radius 2 is 0.695 bits per heavy atom. The first-order valence-corrected chi connectivity index (χ1v) is 32.1. The summed E-state index contributed by atoms with van der Waals surface area (Å²) in [4.78, 5) is 37.3. The van der Waals surface area contributed by atoms with Gasteiger partial charge in [0.1, 0.15) is 13.2 Å². The van der Waals surface area contributed by atoms with E-state index in [2.05, 4.69) is 172 Å². The molecular weight excluding hydrogens is 1020 g/mol. The van der Waals surface area contributed by atoms with Gasteiger partial charge < -0.3 is 33.3 Å². The van der Waals surface area contributed by atoms with Crippen LogP contribution in [0.2, 0.25) is 0 Å². The van der Waals surface area contributed by atoms with Gasteiger partial charge in [-0.15, -0.1) is 0 Å². The molecule has 0 heterocycles. The zero-order chi connectivity index (χ0) is 59.8. The Kier molecular flexibility index (Phi) is 58.1. The van der Waals surface area contributed by atoms with Gasteiger partial charge >= 0.3 is 11.9 Å². The van der Waals surface area contributed by atoms with E-state index in [0.717, 1.165) is 141 Å². The molecular formula is C73H117NO8. The lowest BCUT2D eigenvalue weighted by molar-refractivity contribution is -0.870. The van der Waals surface area contributed by atoms with E-state index < -0.39 is 24.3 Å². The van der Waals surface area contributed by atoms with Crippen LogP contribution in [0.1, 0.15) is 226 Å². The van der Waals surface area contributed by atoms with Crippen LogP contribution >= 0.6 is 0 Å². The molecule has 0 aliphatic rings. The number of nitrogens with zero attached hydrogens (tertiary/aromatic N) is 1. The van der Waals surface area contributed by atoms with Crippen molar-refractivity contribution >= 4 is 17.9 Å². The third kappa shape index (κ3) is 62.5. The number of unbranched alkanes of at least 4 members (excludes halogenated alkanes) is 16. The highest BCUT2D eigenvalue weighted by Gasteiger charge is 2.22. The molecule has 0 bridgehead atoms. The number of carbonyl (C=O) groups is 3. The number of ether oxygens (including phenoxy) is 4. The normalized spacial score (nSPS) is 13.8. The zero-order valence-electron chi connectivity index (χ0n) is 52.5. The Hall–Kier alpha value is -5.09. The molecule has 9 nitrogen and oxygen atoms in total. The van der Waals surface area contributed by atoms with E-state index >= 15 is 0 Å². The quantitative estimate of drug-likeness (QED) is 0.0195. The van der Waals surface area contributed by atoms with Crippen molar-refractivity contribution < 1.29 is 42.9 Å². The highest BCUT2D eigenvalue weighted by atomic mass is 16.7. The van der Waals surface area contributed by atoms with Crippen molar-refractivity contribution in [3.63, 3.8) is 0 Å². The van der Waals surface area contributed by atoms with Crippen LogP contribution < -0.4 is 5.11 Å². The second kappa shape index (κ2) is 62.0. The number of aliphatic carboxylic acids is 1. The Morgan fingerprint density at radius 1 is 0.378 bits per heavy atom. The van der Waals surface area contributed by atoms with Crippen LogP contribution in [0, 0.1) is 0 Å². The van der Waals surface area contributed by atoms with Crippen LogP contribution in [-0.4, -0.2) is 82.3 Å². The minimum absolute atomic E-state index is 0.135. The number of hydrogen-bond acceptors (Lipinski definition) is 8. The van der Waals surface area contributed by atoms with E-state index in [1.54, 1.807) is 0 Å². The number of carbonyl (C=O) groups excluding carboxylic acids is 3. The van der Waals surface area contributed by atoms with Gasteiger partial charge in [0.2, 0.25) is 0 Å². The van der Waals surface area contributed by atoms with E-state index in [1.165, 1.54) is 44.9 Å². The maximum Gasteiger partial charge on any atom is 0.306 e. The number of allylic oxidation sites excluding steroid dienone is 26. The summed E-state index contributed by atoms with van der Waals surface area (Å²) in [5.41, 5.74) is 0. The maximum atomic E-state index is 12.9. The van der Waals surface area contributed by atoms with Crippen LogP contribution in [0.25, 0.3) is 0 Å². The lowest BCUT2D eigenvalue weighted by atomic mass is 10.1. The molecule has 9 heteroatoms. The zero-order valence-corrected chi connectivity index (χ0v) is 52.5. The minimum Gasteiger partial charge on any atom is -0.545 e. The van der Waals surface area contributed by atoms with Crippen molar-refractivity contribution in [1.82, 2.24) is 0 Å². The monoisotopic (exact) mass is 1140 g/mol. The van der Waals surface area contributed by atoms with Crippen molar-refractivity contribution in [3.8, 4) is 0 Å². The maximum absolute atomic E-state index is 12.9. The van der Waals surface area contributed by atoms with Crippen LogP contribution in [0.15, 0.2) is 158 Å². The van der Waals surface area contributed by atoms with E-state index in [0.29, 0.717) is 23.9 Å². The van der Waals surface area contributed by atoms with E-state index in [9.17, 15) is 19.5 Å². The number of likely N-dealkylation sites (N-methyl/N-ethyl adjacent to an activating group) is 1. The molecule has 0 radical (unpaired) electrons. The molecule has 0 spiro atoms. The Bertz CT molecular complexity index is 1900. The fourth-order valence-electron chi connectivity index (χ4n) is 8.10. The molecule has 0 aromatic carbocycles. The van der Waals surface area contributed by atoms with Crippen molar-refractivity contribution in [2.75, 3.05) is 47.5 Å². The summed E-state index contributed by atoms with van der Waals surface area (Å²) in [6, 6.07) is 0. The second-order valence-corrected chi connectivity index (χ2v) is 22.0. The van der Waals surface area contributed by atoms with Gasteiger partial charge in [0.05, 0.1) is 40.3 Å². The number of quaternary nitrogens is 1. The Balaban J connectivity index is 4.21. The van der Waals surface area contributed by atoms with E-state index in [4.69, 9.17) is 18.9 Å². The highest BCUT2D eigenvalue weighted by Crippen LogP contribution is 2.14. The van der Waals surface area contributed by atoms with Crippen molar-refractivity contribution in [2.24, 2.45) is 0 Å². The SMILES string of the molecule is CC/C=C\C/C=C\C/C=C\C/C=C\C/C=C\C/C=C\C/C=C\C/C=C\C/C=C\C/C=C\C/C=C\CCCCCCCCCC(=O)OC(COC(=O)CCCCCCC/C=C\C/C=C\CCCCCC)COC(OCC[N+](C)(C)C)C(=O)[O-]. The van der Waals surface area contributed by atoms with Gasteiger partial charge in [-0.05, 0) is 128 Å². The average Bonchev–Trinajstić information content (AvgIpc) is 3.45. The first kappa shape index (κ1) is 76.9. The lowest BCUT2D eigenvalue weighted by Crippen LogP contribution is -2.44.